The maximum atomic E-state index is 10.7. The summed E-state index contributed by atoms with van der Waals surface area (Å²) in [6.07, 6.45) is 0.532. The molecule has 0 fully saturated rings. The van der Waals surface area contributed by atoms with Crippen molar-refractivity contribution in [1.82, 2.24) is 4.90 Å². The molecule has 0 unspecified atom stereocenters. The quantitative estimate of drug-likeness (QED) is 0.635. The van der Waals surface area contributed by atoms with Crippen molar-refractivity contribution >= 4 is 12.4 Å². The van der Waals surface area contributed by atoms with E-state index in [1.165, 1.54) is 11.9 Å². The average molecular weight is 173 g/mol. The minimum atomic E-state index is -0.975. The lowest BCUT2D eigenvalue weighted by atomic mass is 9.86. The van der Waals surface area contributed by atoms with Gasteiger partial charge >= 0.3 is 5.97 Å². The molecule has 1 N–H and O–H groups in total. The number of carboxylic acid groups (broad SMARTS) is 1. The molecule has 4 heteroatoms. The van der Waals surface area contributed by atoms with Gasteiger partial charge in [-0.2, -0.15) is 0 Å². The summed E-state index contributed by atoms with van der Waals surface area (Å²) in [5.41, 5.74) is -0.443. The fourth-order valence-electron chi connectivity index (χ4n) is 1.22. The van der Waals surface area contributed by atoms with E-state index >= 15 is 0 Å². The van der Waals surface area contributed by atoms with Crippen molar-refractivity contribution < 1.29 is 14.7 Å². The molecule has 0 aromatic heterocycles. The maximum Gasteiger partial charge on any atom is 0.326 e. The number of carbonyl (C=O) groups excluding carboxylic acids is 1. The number of carboxylic acids is 1. The SMILES string of the molecule is CN(C=O)[C@H](C(=O)O)C(C)(C)C. The lowest BCUT2D eigenvalue weighted by molar-refractivity contribution is -0.149. The smallest absolute Gasteiger partial charge is 0.326 e. The second-order valence-corrected chi connectivity index (χ2v) is 3.88. The molecule has 0 aliphatic heterocycles. The van der Waals surface area contributed by atoms with Gasteiger partial charge in [-0.15, -0.1) is 0 Å². The molecule has 4 nitrogen and oxygen atoms in total. The van der Waals surface area contributed by atoms with Crippen molar-refractivity contribution in [3.63, 3.8) is 0 Å². The lowest BCUT2D eigenvalue weighted by Gasteiger charge is -2.32. The van der Waals surface area contributed by atoms with Gasteiger partial charge in [0.25, 0.3) is 0 Å². The number of carbonyl (C=O) groups is 2. The Hall–Kier alpha value is -1.06. The number of amides is 1. The van der Waals surface area contributed by atoms with Crippen LogP contribution in [0.3, 0.4) is 0 Å². The van der Waals surface area contributed by atoms with Crippen molar-refractivity contribution in [3.05, 3.63) is 0 Å². The molecule has 1 amide bonds. The average Bonchev–Trinajstić information content (AvgIpc) is 1.83. The Balaban J connectivity index is 4.67. The van der Waals surface area contributed by atoms with Gasteiger partial charge < -0.3 is 10.0 Å². The highest BCUT2D eigenvalue weighted by atomic mass is 16.4. The predicted molar refractivity (Wildman–Crippen MR) is 44.7 cm³/mol. The van der Waals surface area contributed by atoms with E-state index in [1.54, 1.807) is 20.8 Å². The molecule has 0 bridgehead atoms. The Morgan fingerprint density at radius 2 is 1.92 bits per heavy atom. The van der Waals surface area contributed by atoms with Gasteiger partial charge in [0.15, 0.2) is 0 Å². The van der Waals surface area contributed by atoms with Gasteiger partial charge in [-0.25, -0.2) is 4.79 Å². The van der Waals surface area contributed by atoms with Crippen LogP contribution < -0.4 is 0 Å². The molecule has 0 saturated heterocycles. The largest absolute Gasteiger partial charge is 0.480 e. The molecule has 0 rings (SSSR count). The van der Waals surface area contributed by atoms with Crippen LogP contribution in [0, 0.1) is 5.41 Å². The summed E-state index contributed by atoms with van der Waals surface area (Å²) in [6, 6.07) is -0.769. The molecule has 70 valence electrons. The third-order valence-corrected chi connectivity index (χ3v) is 1.63. The zero-order valence-corrected chi connectivity index (χ0v) is 7.87. The third-order valence-electron chi connectivity index (χ3n) is 1.63. The first kappa shape index (κ1) is 10.9. The molecular weight excluding hydrogens is 158 g/mol. The first-order chi connectivity index (χ1) is 5.30. The van der Waals surface area contributed by atoms with Crippen molar-refractivity contribution in [3.8, 4) is 0 Å². The normalized spacial score (nSPS) is 13.7. The Bertz CT molecular complexity index is 183. The molecule has 12 heavy (non-hydrogen) atoms. The van der Waals surface area contributed by atoms with E-state index in [0.717, 1.165) is 0 Å². The summed E-state index contributed by atoms with van der Waals surface area (Å²) >= 11 is 0. The molecule has 0 heterocycles. The highest BCUT2D eigenvalue weighted by molar-refractivity contribution is 5.77. The van der Waals surface area contributed by atoms with E-state index in [0.29, 0.717) is 6.41 Å². The van der Waals surface area contributed by atoms with Crippen LogP contribution in [0.1, 0.15) is 20.8 Å². The Labute approximate surface area is 72.2 Å². The van der Waals surface area contributed by atoms with Crippen molar-refractivity contribution in [2.24, 2.45) is 5.41 Å². The molecular formula is C8H15NO3. The summed E-state index contributed by atoms with van der Waals surface area (Å²) in [6.45, 7) is 5.35. The van der Waals surface area contributed by atoms with Gasteiger partial charge in [0.2, 0.25) is 6.41 Å². The van der Waals surface area contributed by atoms with E-state index < -0.39 is 17.4 Å². The van der Waals surface area contributed by atoms with E-state index in [-0.39, 0.29) is 0 Å². The van der Waals surface area contributed by atoms with Crippen molar-refractivity contribution in [2.45, 2.75) is 26.8 Å². The number of rotatable bonds is 3. The molecule has 1 atom stereocenters. The van der Waals surface area contributed by atoms with Gasteiger partial charge in [-0.05, 0) is 5.41 Å². The first-order valence-corrected chi connectivity index (χ1v) is 3.70. The number of nitrogens with zero attached hydrogens (tertiary/aromatic N) is 1. The standard InChI is InChI=1S/C8H15NO3/c1-8(2,3)6(7(11)12)9(4)5-10/h5-6H,1-4H3,(H,11,12)/t6-/m1/s1. The number of hydrogen-bond acceptors (Lipinski definition) is 2. The van der Waals surface area contributed by atoms with Crippen LogP contribution in [0.5, 0.6) is 0 Å². The van der Waals surface area contributed by atoms with Crippen LogP contribution in [0.2, 0.25) is 0 Å². The van der Waals surface area contributed by atoms with Crippen LogP contribution in [0.25, 0.3) is 0 Å². The van der Waals surface area contributed by atoms with Crippen LogP contribution in [0.4, 0.5) is 0 Å². The Morgan fingerprint density at radius 1 is 1.50 bits per heavy atom. The number of hydrogen-bond donors (Lipinski definition) is 1. The maximum absolute atomic E-state index is 10.7. The van der Waals surface area contributed by atoms with Crippen LogP contribution in [-0.2, 0) is 9.59 Å². The minimum Gasteiger partial charge on any atom is -0.480 e. The summed E-state index contributed by atoms with van der Waals surface area (Å²) in [7, 11) is 1.47. The monoisotopic (exact) mass is 173 g/mol. The lowest BCUT2D eigenvalue weighted by Crippen LogP contribution is -2.46. The van der Waals surface area contributed by atoms with E-state index in [2.05, 4.69) is 0 Å². The van der Waals surface area contributed by atoms with Gasteiger partial charge in [-0.1, -0.05) is 20.8 Å². The van der Waals surface area contributed by atoms with E-state index in [4.69, 9.17) is 5.11 Å². The van der Waals surface area contributed by atoms with E-state index in [9.17, 15) is 9.59 Å². The molecule has 0 aromatic carbocycles. The summed E-state index contributed by atoms with van der Waals surface area (Å²) in [5, 5.41) is 8.81. The fourth-order valence-corrected chi connectivity index (χ4v) is 1.22. The topological polar surface area (TPSA) is 57.6 Å². The summed E-state index contributed by atoms with van der Waals surface area (Å²) < 4.78 is 0. The Kier molecular flexibility index (Phi) is 3.24. The highest BCUT2D eigenvalue weighted by Gasteiger charge is 2.34. The van der Waals surface area contributed by atoms with Gasteiger partial charge in [0, 0.05) is 7.05 Å². The van der Waals surface area contributed by atoms with Crippen molar-refractivity contribution in [1.29, 1.82) is 0 Å². The second-order valence-electron chi connectivity index (χ2n) is 3.88. The fraction of sp³-hybridized carbons (Fsp3) is 0.750. The summed E-state index contributed by atoms with van der Waals surface area (Å²) in [5.74, 6) is -0.975. The van der Waals surface area contributed by atoms with Gasteiger partial charge in [0.05, 0.1) is 0 Å². The Morgan fingerprint density at radius 3 is 2.00 bits per heavy atom. The van der Waals surface area contributed by atoms with Gasteiger partial charge in [-0.3, -0.25) is 4.79 Å². The zero-order valence-electron chi connectivity index (χ0n) is 7.87. The predicted octanol–water partition coefficient (Wildman–Crippen LogP) is 0.574. The number of likely N-dealkylation sites (N-methyl/N-ethyl adjacent to an activating group) is 1. The molecule has 0 radical (unpaired) electrons. The van der Waals surface area contributed by atoms with Crippen LogP contribution in [0.15, 0.2) is 0 Å². The molecule has 0 saturated carbocycles. The minimum absolute atomic E-state index is 0.443. The highest BCUT2D eigenvalue weighted by Crippen LogP contribution is 2.22. The van der Waals surface area contributed by atoms with Crippen LogP contribution in [-0.4, -0.2) is 35.5 Å². The summed E-state index contributed by atoms with van der Waals surface area (Å²) in [4.78, 5) is 22.3. The molecule has 0 spiro atoms. The first-order valence-electron chi connectivity index (χ1n) is 3.70. The zero-order chi connectivity index (χ0) is 9.94. The van der Waals surface area contributed by atoms with Crippen molar-refractivity contribution in [2.75, 3.05) is 7.05 Å². The molecule has 0 aliphatic rings. The third kappa shape index (κ3) is 2.53. The van der Waals surface area contributed by atoms with Gasteiger partial charge in [0.1, 0.15) is 6.04 Å². The van der Waals surface area contributed by atoms with Crippen LogP contribution >= 0.6 is 0 Å². The van der Waals surface area contributed by atoms with E-state index in [1.807, 2.05) is 0 Å². The number of aliphatic carboxylic acids is 1. The molecule has 0 aromatic rings. The molecule has 0 aliphatic carbocycles. The second kappa shape index (κ2) is 3.56.